The van der Waals surface area contributed by atoms with Crippen molar-refractivity contribution in [2.75, 3.05) is 13.7 Å². The van der Waals surface area contributed by atoms with Crippen molar-refractivity contribution in [2.24, 2.45) is 5.10 Å². The second-order valence-electron chi connectivity index (χ2n) is 4.06. The van der Waals surface area contributed by atoms with Gasteiger partial charge in [-0.15, -0.1) is 0 Å². The summed E-state index contributed by atoms with van der Waals surface area (Å²) in [6, 6.07) is 8.18. The van der Waals surface area contributed by atoms with Crippen LogP contribution in [-0.2, 0) is 4.74 Å². The van der Waals surface area contributed by atoms with E-state index in [1.165, 1.54) is 5.56 Å². The number of aryl methyl sites for hydroxylation is 1. The number of benzene rings is 1. The zero-order valence-corrected chi connectivity index (χ0v) is 11.8. The van der Waals surface area contributed by atoms with Crippen LogP contribution in [0.1, 0.15) is 18.1 Å². The zero-order valence-electron chi connectivity index (χ0n) is 10.9. The van der Waals surface area contributed by atoms with Gasteiger partial charge in [0.25, 0.3) is 0 Å². The van der Waals surface area contributed by atoms with Crippen molar-refractivity contribution in [3.63, 3.8) is 0 Å². The Labute approximate surface area is 113 Å². The minimum Gasteiger partial charge on any atom is -0.383 e. The molecule has 0 spiro atoms. The van der Waals surface area contributed by atoms with Crippen LogP contribution in [0.2, 0.25) is 0 Å². The summed E-state index contributed by atoms with van der Waals surface area (Å²) in [5.74, 6) is 0. The van der Waals surface area contributed by atoms with Gasteiger partial charge < -0.3 is 10.1 Å². The van der Waals surface area contributed by atoms with Crippen LogP contribution >= 0.6 is 12.2 Å². The summed E-state index contributed by atoms with van der Waals surface area (Å²) in [5.41, 5.74) is 5.02. The van der Waals surface area contributed by atoms with Gasteiger partial charge in [0.1, 0.15) is 0 Å². The van der Waals surface area contributed by atoms with Crippen molar-refractivity contribution >= 4 is 23.5 Å². The van der Waals surface area contributed by atoms with E-state index in [1.807, 2.05) is 38.1 Å². The Balaban J connectivity index is 2.41. The van der Waals surface area contributed by atoms with Crippen LogP contribution in [0.25, 0.3) is 0 Å². The first-order valence-corrected chi connectivity index (χ1v) is 6.18. The molecule has 0 saturated carbocycles. The van der Waals surface area contributed by atoms with Gasteiger partial charge in [-0.1, -0.05) is 24.3 Å². The summed E-state index contributed by atoms with van der Waals surface area (Å²) in [4.78, 5) is 0. The summed E-state index contributed by atoms with van der Waals surface area (Å²) in [5, 5.41) is 7.65. The van der Waals surface area contributed by atoms with Crippen molar-refractivity contribution < 1.29 is 4.74 Å². The number of nitrogens with one attached hydrogen (secondary N) is 2. The average molecular weight is 265 g/mol. The quantitative estimate of drug-likeness (QED) is 0.484. The van der Waals surface area contributed by atoms with E-state index in [1.54, 1.807) is 13.3 Å². The molecule has 0 aliphatic rings. The molecule has 1 atom stereocenters. The molecule has 1 aromatic rings. The Morgan fingerprint density at radius 1 is 1.50 bits per heavy atom. The molecule has 0 aliphatic heterocycles. The predicted molar refractivity (Wildman–Crippen MR) is 79.0 cm³/mol. The second kappa shape index (κ2) is 7.79. The van der Waals surface area contributed by atoms with Gasteiger partial charge in [0.05, 0.1) is 12.8 Å². The van der Waals surface area contributed by atoms with Crippen molar-refractivity contribution in [2.45, 2.75) is 19.9 Å². The molecule has 2 N–H and O–H groups in total. The number of ether oxygens (including phenoxy) is 1. The predicted octanol–water partition coefficient (Wildman–Crippen LogP) is 1.83. The van der Waals surface area contributed by atoms with E-state index < -0.39 is 0 Å². The number of hydrogen-bond donors (Lipinski definition) is 2. The SMILES string of the molecule is COC[C@H](C)NC(=S)N/N=C\c1ccccc1C. The molecular weight excluding hydrogens is 246 g/mol. The molecule has 1 aromatic carbocycles. The van der Waals surface area contributed by atoms with Crippen LogP contribution in [0.4, 0.5) is 0 Å². The van der Waals surface area contributed by atoms with Gasteiger partial charge in [-0.2, -0.15) is 5.10 Å². The standard InChI is InChI=1S/C13H19N3OS/c1-10-6-4-5-7-12(10)8-14-16-13(18)15-11(2)9-17-3/h4-8,11H,9H2,1-3H3,(H2,15,16,18)/b14-8-/t11-/m0/s1. The van der Waals surface area contributed by atoms with Crippen LogP contribution in [0.5, 0.6) is 0 Å². The molecule has 0 amide bonds. The number of methoxy groups -OCH3 is 1. The van der Waals surface area contributed by atoms with Crippen LogP contribution < -0.4 is 10.7 Å². The van der Waals surface area contributed by atoms with Crippen LogP contribution in [0.15, 0.2) is 29.4 Å². The minimum absolute atomic E-state index is 0.156. The fourth-order valence-electron chi connectivity index (χ4n) is 1.44. The maximum Gasteiger partial charge on any atom is 0.187 e. The Morgan fingerprint density at radius 3 is 2.89 bits per heavy atom. The van der Waals surface area contributed by atoms with Crippen LogP contribution in [0, 0.1) is 6.92 Å². The Bertz CT molecular complexity index is 420. The summed E-state index contributed by atoms with van der Waals surface area (Å²) in [6.07, 6.45) is 1.75. The molecule has 0 bridgehead atoms. The van der Waals surface area contributed by atoms with Crippen LogP contribution in [-0.4, -0.2) is 31.1 Å². The molecule has 0 radical (unpaired) electrons. The molecule has 0 heterocycles. The largest absolute Gasteiger partial charge is 0.383 e. The van der Waals surface area contributed by atoms with E-state index >= 15 is 0 Å². The molecule has 1 rings (SSSR count). The minimum atomic E-state index is 0.156. The van der Waals surface area contributed by atoms with E-state index in [0.29, 0.717) is 11.7 Å². The van der Waals surface area contributed by atoms with Gasteiger partial charge in [-0.3, -0.25) is 5.43 Å². The highest BCUT2D eigenvalue weighted by molar-refractivity contribution is 7.80. The van der Waals surface area contributed by atoms with E-state index in [4.69, 9.17) is 17.0 Å². The lowest BCUT2D eigenvalue weighted by Gasteiger charge is -2.13. The molecule has 4 nitrogen and oxygen atoms in total. The third-order valence-electron chi connectivity index (χ3n) is 2.35. The molecule has 0 saturated heterocycles. The first kappa shape index (κ1) is 14.6. The highest BCUT2D eigenvalue weighted by Gasteiger charge is 2.01. The lowest BCUT2D eigenvalue weighted by atomic mass is 10.1. The van der Waals surface area contributed by atoms with E-state index in [9.17, 15) is 0 Å². The maximum absolute atomic E-state index is 5.10. The van der Waals surface area contributed by atoms with Gasteiger partial charge in [-0.05, 0) is 37.2 Å². The van der Waals surface area contributed by atoms with Crippen LogP contribution in [0.3, 0.4) is 0 Å². The van der Waals surface area contributed by atoms with E-state index in [0.717, 1.165) is 5.56 Å². The smallest absolute Gasteiger partial charge is 0.187 e. The average Bonchev–Trinajstić information content (AvgIpc) is 2.31. The van der Waals surface area contributed by atoms with E-state index in [-0.39, 0.29) is 6.04 Å². The van der Waals surface area contributed by atoms with Gasteiger partial charge >= 0.3 is 0 Å². The van der Waals surface area contributed by atoms with Gasteiger partial charge in [0, 0.05) is 13.2 Å². The fourth-order valence-corrected chi connectivity index (χ4v) is 1.69. The van der Waals surface area contributed by atoms with Crippen molar-refractivity contribution in [3.05, 3.63) is 35.4 Å². The summed E-state index contributed by atoms with van der Waals surface area (Å²) in [7, 11) is 1.66. The summed E-state index contributed by atoms with van der Waals surface area (Å²) < 4.78 is 5.01. The first-order valence-electron chi connectivity index (χ1n) is 5.77. The number of hydrazone groups is 1. The molecule has 0 aliphatic carbocycles. The molecule has 5 heteroatoms. The molecule has 18 heavy (non-hydrogen) atoms. The van der Waals surface area contributed by atoms with E-state index in [2.05, 4.69) is 15.8 Å². The van der Waals surface area contributed by atoms with Gasteiger partial charge in [0.15, 0.2) is 5.11 Å². The zero-order chi connectivity index (χ0) is 13.4. The third kappa shape index (κ3) is 5.25. The summed E-state index contributed by atoms with van der Waals surface area (Å²) >= 11 is 5.10. The number of thiocarbonyl (C=S) groups is 1. The number of hydrogen-bond acceptors (Lipinski definition) is 3. The second-order valence-corrected chi connectivity index (χ2v) is 4.46. The normalized spacial score (nSPS) is 12.4. The number of rotatable bonds is 5. The van der Waals surface area contributed by atoms with Gasteiger partial charge in [0.2, 0.25) is 0 Å². The maximum atomic E-state index is 5.10. The third-order valence-corrected chi connectivity index (χ3v) is 2.56. The Morgan fingerprint density at radius 2 is 2.22 bits per heavy atom. The Kier molecular flexibility index (Phi) is 6.32. The molecular formula is C13H19N3OS. The highest BCUT2D eigenvalue weighted by atomic mass is 32.1. The lowest BCUT2D eigenvalue weighted by molar-refractivity contribution is 0.179. The monoisotopic (exact) mass is 265 g/mol. The highest BCUT2D eigenvalue weighted by Crippen LogP contribution is 2.02. The molecule has 98 valence electrons. The Hall–Kier alpha value is -1.46. The lowest BCUT2D eigenvalue weighted by Crippen LogP contribution is -2.40. The molecule has 0 aromatic heterocycles. The van der Waals surface area contributed by atoms with Crippen molar-refractivity contribution in [1.82, 2.24) is 10.7 Å². The molecule has 0 fully saturated rings. The van der Waals surface area contributed by atoms with Gasteiger partial charge in [-0.25, -0.2) is 0 Å². The summed E-state index contributed by atoms with van der Waals surface area (Å²) in [6.45, 7) is 4.63. The van der Waals surface area contributed by atoms with Crippen molar-refractivity contribution in [3.8, 4) is 0 Å². The van der Waals surface area contributed by atoms with Crippen molar-refractivity contribution in [1.29, 1.82) is 0 Å². The fraction of sp³-hybridized carbons (Fsp3) is 0.385. The topological polar surface area (TPSA) is 45.6 Å². The number of nitrogens with zero attached hydrogens (tertiary/aromatic N) is 1. The first-order chi connectivity index (χ1) is 8.63. The molecule has 0 unspecified atom stereocenters.